The van der Waals surface area contributed by atoms with Gasteiger partial charge in [-0.2, -0.15) is 0 Å². The van der Waals surface area contributed by atoms with Crippen LogP contribution in [0.15, 0.2) is 42.7 Å². The lowest BCUT2D eigenvalue weighted by atomic mass is 9.97. The van der Waals surface area contributed by atoms with Crippen molar-refractivity contribution in [3.8, 4) is 22.9 Å². The highest BCUT2D eigenvalue weighted by molar-refractivity contribution is 6.08. The highest BCUT2D eigenvalue weighted by Crippen LogP contribution is 2.34. The fourth-order valence-electron chi connectivity index (χ4n) is 3.27. The molecule has 0 aliphatic rings. The predicted molar refractivity (Wildman–Crippen MR) is 128 cm³/mol. The van der Waals surface area contributed by atoms with Crippen molar-refractivity contribution in [2.75, 3.05) is 31.4 Å². The number of pyridine rings is 3. The van der Waals surface area contributed by atoms with Gasteiger partial charge in [0.05, 0.1) is 42.8 Å². The van der Waals surface area contributed by atoms with Crippen LogP contribution in [-0.2, 0) is 6.54 Å². The van der Waals surface area contributed by atoms with Crippen LogP contribution in [0.4, 0.5) is 11.5 Å². The third-order valence-electron chi connectivity index (χ3n) is 4.91. The van der Waals surface area contributed by atoms with E-state index in [9.17, 15) is 0 Å². The average Bonchev–Trinajstić information content (AvgIpc) is 2.82. The lowest BCUT2D eigenvalue weighted by Gasteiger charge is -2.20. The number of aromatic nitrogens is 3. The van der Waals surface area contributed by atoms with E-state index in [4.69, 9.17) is 19.9 Å². The molecule has 0 atom stereocenters. The Morgan fingerprint density at radius 1 is 1.16 bits per heavy atom. The molecule has 8 nitrogen and oxygen atoms in total. The van der Waals surface area contributed by atoms with E-state index in [2.05, 4.69) is 20.6 Å². The molecule has 0 amide bonds. The van der Waals surface area contributed by atoms with Gasteiger partial charge in [0.1, 0.15) is 11.6 Å². The van der Waals surface area contributed by atoms with Crippen LogP contribution < -0.4 is 20.1 Å². The molecule has 0 aliphatic heterocycles. The lowest BCUT2D eigenvalue weighted by molar-refractivity contribution is 0.328. The minimum absolute atomic E-state index is 0.0302. The Morgan fingerprint density at radius 2 is 1.97 bits per heavy atom. The van der Waals surface area contributed by atoms with Crippen LogP contribution >= 0.6 is 0 Å². The Balaban J connectivity index is 2.09. The van der Waals surface area contributed by atoms with Crippen molar-refractivity contribution in [1.29, 1.82) is 5.41 Å². The Kier molecular flexibility index (Phi) is 7.59. The summed E-state index contributed by atoms with van der Waals surface area (Å²) in [6.45, 7) is 6.89. The number of nitrogens with zero attached hydrogens (tertiary/aromatic N) is 3. The van der Waals surface area contributed by atoms with Crippen LogP contribution in [0.1, 0.15) is 32.0 Å². The summed E-state index contributed by atoms with van der Waals surface area (Å²) < 4.78 is 11.0. The molecule has 0 bridgehead atoms. The topological polar surface area (TPSA) is 105 Å². The first-order valence-corrected chi connectivity index (χ1v) is 10.6. The van der Waals surface area contributed by atoms with Gasteiger partial charge < -0.3 is 25.5 Å². The maximum Gasteiger partial charge on any atom is 0.222 e. The largest absolute Gasteiger partial charge is 0.497 e. The fraction of sp³-hybridized carbons (Fsp3) is 0.333. The number of hydrogen-bond acceptors (Lipinski definition) is 8. The second-order valence-corrected chi connectivity index (χ2v) is 7.43. The first kappa shape index (κ1) is 23.0. The van der Waals surface area contributed by atoms with E-state index in [1.54, 1.807) is 19.5 Å². The van der Waals surface area contributed by atoms with Crippen molar-refractivity contribution < 1.29 is 9.47 Å². The fourth-order valence-corrected chi connectivity index (χ4v) is 3.27. The Labute approximate surface area is 189 Å². The van der Waals surface area contributed by atoms with Crippen molar-refractivity contribution in [3.63, 3.8) is 0 Å². The van der Waals surface area contributed by atoms with Crippen LogP contribution in [0.2, 0.25) is 0 Å². The molecule has 8 heteroatoms. The molecule has 3 N–H and O–H groups in total. The van der Waals surface area contributed by atoms with Gasteiger partial charge in [-0.3, -0.25) is 4.98 Å². The first-order chi connectivity index (χ1) is 15.5. The summed E-state index contributed by atoms with van der Waals surface area (Å²) in [7, 11) is 3.44. The van der Waals surface area contributed by atoms with Gasteiger partial charge in [0, 0.05) is 36.9 Å². The molecule has 3 rings (SSSR count). The van der Waals surface area contributed by atoms with E-state index in [1.807, 2.05) is 58.2 Å². The maximum atomic E-state index is 8.71. The number of rotatable bonds is 10. The van der Waals surface area contributed by atoms with Gasteiger partial charge in [0.15, 0.2) is 0 Å². The van der Waals surface area contributed by atoms with Crippen molar-refractivity contribution in [2.24, 2.45) is 5.92 Å². The molecular formula is C24H30N6O2. The maximum absolute atomic E-state index is 8.71. The van der Waals surface area contributed by atoms with E-state index in [0.717, 1.165) is 28.3 Å². The molecule has 0 aromatic carbocycles. The molecule has 0 unspecified atom stereocenters. The van der Waals surface area contributed by atoms with Crippen molar-refractivity contribution in [3.05, 3.63) is 54.0 Å². The van der Waals surface area contributed by atoms with Crippen LogP contribution in [0, 0.1) is 11.3 Å². The van der Waals surface area contributed by atoms with E-state index in [0.29, 0.717) is 36.3 Å². The number of anilines is 2. The van der Waals surface area contributed by atoms with Crippen molar-refractivity contribution in [1.82, 2.24) is 15.0 Å². The molecule has 0 saturated heterocycles. The van der Waals surface area contributed by atoms with E-state index in [1.165, 1.54) is 0 Å². The van der Waals surface area contributed by atoms with Crippen molar-refractivity contribution >= 4 is 17.2 Å². The van der Waals surface area contributed by atoms with Crippen molar-refractivity contribution in [2.45, 2.75) is 27.3 Å². The highest BCUT2D eigenvalue weighted by Gasteiger charge is 2.20. The summed E-state index contributed by atoms with van der Waals surface area (Å²) in [4.78, 5) is 13.6. The van der Waals surface area contributed by atoms with E-state index in [-0.39, 0.29) is 5.92 Å². The summed E-state index contributed by atoms with van der Waals surface area (Å²) in [5.41, 5.74) is 4.33. The number of ether oxygens (including phenoxy) is 2. The zero-order chi connectivity index (χ0) is 23.1. The molecule has 0 aliphatic carbocycles. The van der Waals surface area contributed by atoms with Crippen LogP contribution in [0.3, 0.4) is 0 Å². The number of methoxy groups -OCH3 is 1. The lowest BCUT2D eigenvalue weighted by Crippen LogP contribution is -2.16. The normalized spacial score (nSPS) is 10.7. The Morgan fingerprint density at radius 3 is 2.66 bits per heavy atom. The molecule has 3 aromatic heterocycles. The van der Waals surface area contributed by atoms with Gasteiger partial charge >= 0.3 is 0 Å². The molecule has 0 fully saturated rings. The van der Waals surface area contributed by atoms with E-state index < -0.39 is 0 Å². The second-order valence-electron chi connectivity index (χ2n) is 7.43. The molecule has 168 valence electrons. The summed E-state index contributed by atoms with van der Waals surface area (Å²) in [5, 5.41) is 15.3. The zero-order valence-corrected chi connectivity index (χ0v) is 19.2. The average molecular weight is 435 g/mol. The first-order valence-electron chi connectivity index (χ1n) is 10.6. The minimum Gasteiger partial charge on any atom is -0.497 e. The third-order valence-corrected chi connectivity index (χ3v) is 4.91. The predicted octanol–water partition coefficient (Wildman–Crippen LogP) is 4.62. The van der Waals surface area contributed by atoms with Gasteiger partial charge in [-0.15, -0.1) is 0 Å². The highest BCUT2D eigenvalue weighted by atomic mass is 16.5. The van der Waals surface area contributed by atoms with Crippen LogP contribution in [0.25, 0.3) is 11.3 Å². The summed E-state index contributed by atoms with van der Waals surface area (Å²) in [6, 6.07) is 9.42. The minimum atomic E-state index is 0.0302. The van der Waals surface area contributed by atoms with Gasteiger partial charge in [-0.25, -0.2) is 9.97 Å². The molecule has 0 radical (unpaired) electrons. The van der Waals surface area contributed by atoms with Gasteiger partial charge in [-0.05, 0) is 37.1 Å². The number of hydrogen-bond donors (Lipinski definition) is 3. The van der Waals surface area contributed by atoms with Gasteiger partial charge in [-0.1, -0.05) is 13.8 Å². The molecule has 3 heterocycles. The molecule has 32 heavy (non-hydrogen) atoms. The zero-order valence-electron chi connectivity index (χ0n) is 19.2. The van der Waals surface area contributed by atoms with Gasteiger partial charge in [0.2, 0.25) is 5.88 Å². The SMILES string of the molecule is CCOc1ncccc1-c1cc(NCc2cc(OC)ccn2)c(C(=N)C(C)C)c(NC)n1. The molecule has 0 spiro atoms. The quantitative estimate of drug-likeness (QED) is 0.400. The summed E-state index contributed by atoms with van der Waals surface area (Å²) in [6.07, 6.45) is 3.41. The van der Waals surface area contributed by atoms with Crippen LogP contribution in [-0.4, -0.2) is 41.4 Å². The molecule has 3 aromatic rings. The molecule has 0 saturated carbocycles. The monoisotopic (exact) mass is 434 g/mol. The Bertz CT molecular complexity index is 1080. The smallest absolute Gasteiger partial charge is 0.222 e. The molecular weight excluding hydrogens is 404 g/mol. The third kappa shape index (κ3) is 5.14. The second kappa shape index (κ2) is 10.6. The van der Waals surface area contributed by atoms with E-state index >= 15 is 0 Å². The summed E-state index contributed by atoms with van der Waals surface area (Å²) >= 11 is 0. The van der Waals surface area contributed by atoms with Gasteiger partial charge in [0.25, 0.3) is 0 Å². The summed E-state index contributed by atoms with van der Waals surface area (Å²) in [5.74, 6) is 1.92. The van der Waals surface area contributed by atoms with Crippen LogP contribution in [0.5, 0.6) is 11.6 Å². The Hall–Kier alpha value is -3.68. The standard InChI is InChI=1S/C24H30N6O2/c1-6-32-24-18(8-7-10-28-24)19-13-20(21(22(25)15(2)3)23(26-4)30-19)29-14-16-12-17(31-5)9-11-27-16/h7-13,15,25H,6,14H2,1-5H3,(H2,26,29,30). The number of nitrogens with one attached hydrogen (secondary N) is 3.